The lowest BCUT2D eigenvalue weighted by atomic mass is 10.1. The Balaban J connectivity index is 3.27. The number of thioether (sulfide) groups is 1. The van der Waals surface area contributed by atoms with Crippen molar-refractivity contribution < 1.29 is 4.79 Å². The van der Waals surface area contributed by atoms with Gasteiger partial charge in [0.25, 0.3) is 0 Å². The molecular formula is C6H13NOS. The number of nitrogens with two attached hydrogens (primary N) is 1. The average Bonchev–Trinajstić information content (AvgIpc) is 1.82. The first-order valence-corrected chi connectivity index (χ1v) is 4.36. The molecule has 0 aliphatic carbocycles. The number of amides is 1. The Morgan fingerprint density at radius 2 is 2.33 bits per heavy atom. The zero-order chi connectivity index (χ0) is 7.28. The van der Waals surface area contributed by atoms with Crippen LogP contribution in [0.15, 0.2) is 0 Å². The predicted octanol–water partition coefficient (Wildman–Crippen LogP) is 0.861. The zero-order valence-corrected chi connectivity index (χ0v) is 6.70. The second-order valence-electron chi connectivity index (χ2n) is 2.08. The van der Waals surface area contributed by atoms with Gasteiger partial charge in [-0.1, -0.05) is 6.92 Å². The maximum atomic E-state index is 10.4. The summed E-state index contributed by atoms with van der Waals surface area (Å²) in [5.74, 6) is 0.867. The lowest BCUT2D eigenvalue weighted by Gasteiger charge is -2.03. The van der Waals surface area contributed by atoms with Gasteiger partial charge in [0.15, 0.2) is 0 Å². The zero-order valence-electron chi connectivity index (χ0n) is 5.89. The van der Waals surface area contributed by atoms with Crippen molar-refractivity contribution in [2.24, 2.45) is 11.7 Å². The molecule has 0 radical (unpaired) electrons. The molecule has 0 heterocycles. The van der Waals surface area contributed by atoms with Gasteiger partial charge in [-0.15, -0.1) is 0 Å². The molecule has 0 saturated heterocycles. The minimum absolute atomic E-state index is 0.0393. The third-order valence-electron chi connectivity index (χ3n) is 1.24. The van der Waals surface area contributed by atoms with E-state index < -0.39 is 0 Å². The van der Waals surface area contributed by atoms with E-state index in [0.29, 0.717) is 0 Å². The van der Waals surface area contributed by atoms with Crippen LogP contribution in [-0.4, -0.2) is 17.9 Å². The topological polar surface area (TPSA) is 43.1 Å². The SMILES string of the molecule is CSCC[C@H](C)C(N)=O. The van der Waals surface area contributed by atoms with Gasteiger partial charge < -0.3 is 5.73 Å². The molecular weight excluding hydrogens is 134 g/mol. The van der Waals surface area contributed by atoms with Gasteiger partial charge >= 0.3 is 0 Å². The number of hydrogen-bond donors (Lipinski definition) is 1. The van der Waals surface area contributed by atoms with Crippen molar-refractivity contribution >= 4 is 17.7 Å². The molecule has 0 aromatic heterocycles. The molecule has 0 spiro atoms. The van der Waals surface area contributed by atoms with Crippen LogP contribution in [0.1, 0.15) is 13.3 Å². The van der Waals surface area contributed by atoms with Gasteiger partial charge in [-0.2, -0.15) is 11.8 Å². The molecule has 0 bridgehead atoms. The van der Waals surface area contributed by atoms with E-state index in [1.807, 2.05) is 13.2 Å². The summed E-state index contributed by atoms with van der Waals surface area (Å²) in [4.78, 5) is 10.4. The van der Waals surface area contributed by atoms with E-state index in [4.69, 9.17) is 5.73 Å². The van der Waals surface area contributed by atoms with Crippen molar-refractivity contribution in [3.8, 4) is 0 Å². The Hall–Kier alpha value is -0.180. The van der Waals surface area contributed by atoms with Crippen molar-refractivity contribution in [3.63, 3.8) is 0 Å². The standard InChI is InChI=1S/C6H13NOS/c1-5(6(7)8)3-4-9-2/h5H,3-4H2,1-2H3,(H2,7,8)/t5-/m0/s1. The molecule has 54 valence electrons. The third-order valence-corrected chi connectivity index (χ3v) is 1.88. The van der Waals surface area contributed by atoms with Crippen molar-refractivity contribution in [2.75, 3.05) is 12.0 Å². The van der Waals surface area contributed by atoms with Crippen LogP contribution in [0.25, 0.3) is 0 Å². The summed E-state index contributed by atoms with van der Waals surface area (Å²) in [6.07, 6.45) is 2.92. The van der Waals surface area contributed by atoms with E-state index in [1.54, 1.807) is 11.8 Å². The van der Waals surface area contributed by atoms with E-state index in [0.717, 1.165) is 12.2 Å². The molecule has 1 amide bonds. The first kappa shape index (κ1) is 8.82. The fourth-order valence-electron chi connectivity index (χ4n) is 0.437. The van der Waals surface area contributed by atoms with E-state index in [1.165, 1.54) is 0 Å². The van der Waals surface area contributed by atoms with E-state index in [2.05, 4.69) is 0 Å². The molecule has 0 aromatic carbocycles. The first-order valence-electron chi connectivity index (χ1n) is 2.96. The van der Waals surface area contributed by atoms with Crippen LogP contribution in [0.4, 0.5) is 0 Å². The quantitative estimate of drug-likeness (QED) is 0.641. The maximum absolute atomic E-state index is 10.4. The number of primary amides is 1. The predicted molar refractivity (Wildman–Crippen MR) is 41.4 cm³/mol. The minimum Gasteiger partial charge on any atom is -0.369 e. The highest BCUT2D eigenvalue weighted by molar-refractivity contribution is 7.98. The minimum atomic E-state index is -0.191. The lowest BCUT2D eigenvalue weighted by molar-refractivity contribution is -0.121. The molecule has 0 aromatic rings. The number of carbonyl (C=O) groups excluding carboxylic acids is 1. The fraction of sp³-hybridized carbons (Fsp3) is 0.833. The summed E-state index contributed by atoms with van der Waals surface area (Å²) in [6, 6.07) is 0. The normalized spacial score (nSPS) is 13.1. The highest BCUT2D eigenvalue weighted by atomic mass is 32.2. The molecule has 0 fully saturated rings. The Kier molecular flexibility index (Phi) is 4.58. The van der Waals surface area contributed by atoms with Crippen LogP contribution in [0.2, 0.25) is 0 Å². The molecule has 2 nitrogen and oxygen atoms in total. The summed E-state index contributed by atoms with van der Waals surface area (Å²) in [5.41, 5.74) is 5.03. The van der Waals surface area contributed by atoms with Gasteiger partial charge in [0.1, 0.15) is 0 Å². The molecule has 0 aliphatic rings. The summed E-state index contributed by atoms with van der Waals surface area (Å²) >= 11 is 1.74. The molecule has 3 heteroatoms. The Morgan fingerprint density at radius 3 is 2.67 bits per heavy atom. The van der Waals surface area contributed by atoms with Gasteiger partial charge in [0.05, 0.1) is 0 Å². The number of hydrogen-bond acceptors (Lipinski definition) is 2. The Labute approximate surface area is 60.2 Å². The van der Waals surface area contributed by atoms with Gasteiger partial charge in [-0.05, 0) is 18.4 Å². The van der Waals surface area contributed by atoms with Crippen LogP contribution in [0, 0.1) is 5.92 Å². The van der Waals surface area contributed by atoms with Crippen LogP contribution < -0.4 is 5.73 Å². The molecule has 0 rings (SSSR count). The first-order chi connectivity index (χ1) is 4.18. The summed E-state index contributed by atoms with van der Waals surface area (Å²) in [7, 11) is 0. The highest BCUT2D eigenvalue weighted by Crippen LogP contribution is 2.05. The van der Waals surface area contributed by atoms with E-state index >= 15 is 0 Å². The van der Waals surface area contributed by atoms with E-state index in [-0.39, 0.29) is 11.8 Å². The van der Waals surface area contributed by atoms with Crippen LogP contribution in [0.3, 0.4) is 0 Å². The molecule has 0 aliphatic heterocycles. The van der Waals surface area contributed by atoms with Gasteiger partial charge in [-0.3, -0.25) is 4.79 Å². The largest absolute Gasteiger partial charge is 0.369 e. The smallest absolute Gasteiger partial charge is 0.220 e. The Bertz CT molecular complexity index is 95.1. The summed E-state index contributed by atoms with van der Waals surface area (Å²) in [5, 5.41) is 0. The van der Waals surface area contributed by atoms with Gasteiger partial charge in [0, 0.05) is 5.92 Å². The van der Waals surface area contributed by atoms with Crippen LogP contribution >= 0.6 is 11.8 Å². The van der Waals surface area contributed by atoms with Crippen molar-refractivity contribution in [2.45, 2.75) is 13.3 Å². The second kappa shape index (κ2) is 4.68. The molecule has 9 heavy (non-hydrogen) atoms. The fourth-order valence-corrected chi connectivity index (χ4v) is 1.03. The Morgan fingerprint density at radius 1 is 1.78 bits per heavy atom. The van der Waals surface area contributed by atoms with Crippen molar-refractivity contribution in [3.05, 3.63) is 0 Å². The second-order valence-corrected chi connectivity index (χ2v) is 3.07. The van der Waals surface area contributed by atoms with Gasteiger partial charge in [0.2, 0.25) is 5.91 Å². The number of rotatable bonds is 4. The monoisotopic (exact) mass is 147 g/mol. The van der Waals surface area contributed by atoms with Crippen LogP contribution in [-0.2, 0) is 4.79 Å². The van der Waals surface area contributed by atoms with Gasteiger partial charge in [-0.25, -0.2) is 0 Å². The summed E-state index contributed by atoms with van der Waals surface area (Å²) in [6.45, 7) is 1.86. The van der Waals surface area contributed by atoms with Crippen molar-refractivity contribution in [1.29, 1.82) is 0 Å². The summed E-state index contributed by atoms with van der Waals surface area (Å²) < 4.78 is 0. The third kappa shape index (κ3) is 4.33. The number of carbonyl (C=O) groups is 1. The lowest BCUT2D eigenvalue weighted by Crippen LogP contribution is -2.20. The molecule has 0 unspecified atom stereocenters. The molecule has 0 saturated carbocycles. The van der Waals surface area contributed by atoms with E-state index in [9.17, 15) is 4.79 Å². The van der Waals surface area contributed by atoms with Crippen LogP contribution in [0.5, 0.6) is 0 Å². The van der Waals surface area contributed by atoms with Crippen molar-refractivity contribution in [1.82, 2.24) is 0 Å². The molecule has 2 N–H and O–H groups in total. The average molecular weight is 147 g/mol. The maximum Gasteiger partial charge on any atom is 0.220 e. The highest BCUT2D eigenvalue weighted by Gasteiger charge is 2.06. The molecule has 1 atom stereocenters.